The number of nitrogens with one attached hydrogen (secondary N) is 5. The summed E-state index contributed by atoms with van der Waals surface area (Å²) >= 11 is 1.46. The molecule has 0 spiro atoms. The normalized spacial score (nSPS) is 25.0. The summed E-state index contributed by atoms with van der Waals surface area (Å²) in [6.45, 7) is 18.2. The number of nitrogens with zero attached hydrogens (tertiary/aromatic N) is 5. The average Bonchev–Trinajstić information content (AvgIpc) is 3.55. The molecule has 7 rings (SSSR count). The number of hydrogen-bond donors (Lipinski definition) is 5. The number of carbonyl (C=O) groups excluding carboxylic acids is 4. The van der Waals surface area contributed by atoms with Gasteiger partial charge < -0.3 is 41.0 Å². The minimum Gasteiger partial charge on any atom is -0.497 e. The highest BCUT2D eigenvalue weighted by Crippen LogP contribution is 2.46. The number of carbonyl (C=O) groups is 4. The number of thiazole rings is 1. The molecular weight excluding hydrogens is 921 g/mol. The van der Waals surface area contributed by atoms with Crippen molar-refractivity contribution in [1.82, 2.24) is 44.7 Å². The molecule has 2 aromatic heterocycles. The molecule has 69 heavy (non-hydrogen) atoms. The molecule has 18 nitrogen and oxygen atoms in total. The third kappa shape index (κ3) is 11.8. The van der Waals surface area contributed by atoms with Crippen molar-refractivity contribution >= 4 is 61.3 Å². The zero-order valence-corrected chi connectivity index (χ0v) is 42.8. The van der Waals surface area contributed by atoms with E-state index in [1.807, 2.05) is 90.3 Å². The zero-order chi connectivity index (χ0) is 49.8. The number of anilines is 1. The van der Waals surface area contributed by atoms with Crippen LogP contribution in [0.15, 0.2) is 54.5 Å². The summed E-state index contributed by atoms with van der Waals surface area (Å²) in [4.78, 5) is 69.1. The predicted molar refractivity (Wildman–Crippen MR) is 268 cm³/mol. The zero-order valence-electron chi connectivity index (χ0n) is 41.2. The van der Waals surface area contributed by atoms with Crippen LogP contribution in [0.3, 0.4) is 0 Å². The number of rotatable bonds is 14. The summed E-state index contributed by atoms with van der Waals surface area (Å²) in [5, 5.41) is 18.6. The Balaban J connectivity index is 1.20. The summed E-state index contributed by atoms with van der Waals surface area (Å²) in [5.41, 5.74) is 0.0110. The van der Waals surface area contributed by atoms with Crippen molar-refractivity contribution < 1.29 is 37.1 Å². The lowest BCUT2D eigenvalue weighted by atomic mass is 9.86. The van der Waals surface area contributed by atoms with Crippen molar-refractivity contribution in [3.8, 4) is 22.9 Å². The maximum absolute atomic E-state index is 15.2. The van der Waals surface area contributed by atoms with E-state index in [4.69, 9.17) is 19.4 Å². The third-order valence-corrected chi connectivity index (χ3v) is 16.3. The van der Waals surface area contributed by atoms with E-state index in [-0.39, 0.29) is 56.4 Å². The number of pyridine rings is 1. The summed E-state index contributed by atoms with van der Waals surface area (Å²) in [6, 6.07) is 3.88. The molecule has 1 unspecified atom stereocenters. The molecule has 5 amide bonds. The van der Waals surface area contributed by atoms with Crippen LogP contribution in [0, 0.1) is 11.3 Å². The van der Waals surface area contributed by atoms with Crippen LogP contribution in [0.1, 0.15) is 93.4 Å². The molecule has 5 heterocycles. The number of amides is 5. The first-order valence-electron chi connectivity index (χ1n) is 24.1. The minimum atomic E-state index is -3.74. The van der Waals surface area contributed by atoms with E-state index < -0.39 is 63.2 Å². The number of hydrogen-bond acceptors (Lipinski definition) is 12. The third-order valence-electron chi connectivity index (χ3n) is 13.3. The Morgan fingerprint density at radius 2 is 1.86 bits per heavy atom. The lowest BCUT2D eigenvalue weighted by Gasteiger charge is -2.35. The van der Waals surface area contributed by atoms with Crippen LogP contribution in [0.2, 0.25) is 0 Å². The topological polar surface area (TPSA) is 217 Å². The number of benzene rings is 1. The number of allylic oxidation sites excluding steroid dienone is 1. The Hall–Kier alpha value is -5.31. The molecule has 3 aromatic rings. The van der Waals surface area contributed by atoms with Gasteiger partial charge in [0.2, 0.25) is 17.7 Å². The second-order valence-electron chi connectivity index (χ2n) is 20.2. The second kappa shape index (κ2) is 21.4. The maximum Gasteiger partial charge on any atom is 0.315 e. The van der Waals surface area contributed by atoms with Crippen molar-refractivity contribution in [2.75, 3.05) is 45.2 Å². The first kappa shape index (κ1) is 51.5. The van der Waals surface area contributed by atoms with Gasteiger partial charge in [-0.2, -0.15) is 17.0 Å². The van der Waals surface area contributed by atoms with Crippen LogP contribution in [0.25, 0.3) is 22.3 Å². The molecule has 1 aromatic carbocycles. The molecule has 0 bridgehead atoms. The molecule has 4 aliphatic rings. The Labute approximate surface area is 410 Å². The Bertz CT molecular complexity index is 2530. The monoisotopic (exact) mass is 990 g/mol. The lowest BCUT2D eigenvalue weighted by Crippen LogP contribution is -2.59. The molecule has 3 aliphatic heterocycles. The first-order valence-corrected chi connectivity index (χ1v) is 26.4. The molecule has 20 heteroatoms. The van der Waals surface area contributed by atoms with E-state index >= 15 is 4.79 Å². The largest absolute Gasteiger partial charge is 0.497 e. The molecule has 5 N–H and O–H groups in total. The quantitative estimate of drug-likeness (QED) is 0.126. The van der Waals surface area contributed by atoms with Gasteiger partial charge in [-0.05, 0) is 70.9 Å². The van der Waals surface area contributed by atoms with Gasteiger partial charge in [0, 0.05) is 79.5 Å². The molecule has 1 aliphatic carbocycles. The average molecular weight is 991 g/mol. The van der Waals surface area contributed by atoms with E-state index in [1.165, 1.54) is 24.8 Å². The molecular formula is C49H70N10O8S2. The van der Waals surface area contributed by atoms with Crippen LogP contribution < -0.4 is 36.1 Å². The smallest absolute Gasteiger partial charge is 0.315 e. The van der Waals surface area contributed by atoms with Crippen molar-refractivity contribution in [2.24, 2.45) is 11.3 Å². The standard InChI is InChI=1S/C49H70N10O8S2/c1-10-20-50-45(62)49-26-32(49)16-14-12-11-13-15-17-36(53-46(63)55-42(48(6,7)8)28-57-21-22-59(31(4)5)69(57,64)65)44(61)58-27-34(24-40(58)43(60)56-49)67-41-25-38(39-29-68-47(54-39)51-30(2)3)52-37-23-33(66-9)18-19-35(37)41/h10,14,16,18-19,23,25,29-32,34,36,40,42H,1,11-13,15,17,20-22,24,26-28H2,2-9H3,(H,50,62)(H,51,54)(H,56,60)(H2,53,55,63)/t32?,34-,36+,40+,42-,49-/m1/s1. The SMILES string of the molecule is C=CCNC(=O)[C@@]12CC1C=CCCCCC[C@H](NC(=O)N[C@H](CN1CCN(C(C)C)S1(=O)=O)C(C)(C)C)C(=O)N1C[C@H](Oc3cc(-c4csc(NC(C)C)n4)nc4cc(OC)ccc34)C[C@H]1C(=O)N2. The second-order valence-corrected chi connectivity index (χ2v) is 22.9. The summed E-state index contributed by atoms with van der Waals surface area (Å²) < 4.78 is 42.2. The lowest BCUT2D eigenvalue weighted by molar-refractivity contribution is -0.141. The number of fused-ring (bicyclic) bond motifs is 3. The van der Waals surface area contributed by atoms with Crippen LogP contribution >= 0.6 is 11.3 Å². The first-order chi connectivity index (χ1) is 32.7. The van der Waals surface area contributed by atoms with Gasteiger partial charge in [-0.1, -0.05) is 51.8 Å². The van der Waals surface area contributed by atoms with E-state index in [1.54, 1.807) is 13.2 Å². The van der Waals surface area contributed by atoms with Crippen molar-refractivity contribution in [2.45, 2.75) is 135 Å². The van der Waals surface area contributed by atoms with Gasteiger partial charge in [-0.15, -0.1) is 17.9 Å². The predicted octanol–water partition coefficient (Wildman–Crippen LogP) is 5.59. The molecule has 376 valence electrons. The van der Waals surface area contributed by atoms with Crippen molar-refractivity contribution in [3.05, 3.63) is 54.5 Å². The number of aromatic nitrogens is 2. The summed E-state index contributed by atoms with van der Waals surface area (Å²) in [7, 11) is -2.16. The van der Waals surface area contributed by atoms with Crippen LogP contribution in [0.5, 0.6) is 11.5 Å². The fourth-order valence-electron chi connectivity index (χ4n) is 9.30. The Morgan fingerprint density at radius 3 is 2.55 bits per heavy atom. The fraction of sp³-hybridized carbons (Fsp3) is 0.592. The number of urea groups is 1. The van der Waals surface area contributed by atoms with E-state index in [9.17, 15) is 22.8 Å². The maximum atomic E-state index is 15.2. The highest BCUT2D eigenvalue weighted by atomic mass is 32.2. The van der Waals surface area contributed by atoms with Crippen LogP contribution in [-0.4, -0.2) is 137 Å². The van der Waals surface area contributed by atoms with Crippen LogP contribution in [-0.2, 0) is 24.6 Å². The van der Waals surface area contributed by atoms with E-state index in [0.29, 0.717) is 59.7 Å². The Morgan fingerprint density at radius 1 is 1.07 bits per heavy atom. The van der Waals surface area contributed by atoms with Gasteiger partial charge in [0.25, 0.3) is 10.2 Å². The summed E-state index contributed by atoms with van der Waals surface area (Å²) in [5.74, 6) is -0.487. The highest BCUT2D eigenvalue weighted by molar-refractivity contribution is 7.87. The molecule has 0 radical (unpaired) electrons. The molecule has 1 saturated carbocycles. The van der Waals surface area contributed by atoms with Crippen LogP contribution in [0.4, 0.5) is 9.93 Å². The van der Waals surface area contributed by atoms with Gasteiger partial charge >= 0.3 is 6.03 Å². The van der Waals surface area contributed by atoms with Gasteiger partial charge in [0.15, 0.2) is 5.13 Å². The fourth-order valence-corrected chi connectivity index (χ4v) is 11.9. The van der Waals surface area contributed by atoms with Gasteiger partial charge in [-0.25, -0.2) is 14.8 Å². The number of ether oxygens (including phenoxy) is 2. The molecule has 2 saturated heterocycles. The number of methoxy groups -OCH3 is 1. The molecule has 6 atom stereocenters. The summed E-state index contributed by atoms with van der Waals surface area (Å²) in [6.07, 6.45) is 8.61. The van der Waals surface area contributed by atoms with Gasteiger partial charge in [0.05, 0.1) is 24.9 Å². The van der Waals surface area contributed by atoms with Gasteiger partial charge in [0.1, 0.15) is 40.9 Å². The Kier molecular flexibility index (Phi) is 16.0. The van der Waals surface area contributed by atoms with E-state index in [0.717, 1.165) is 24.4 Å². The van der Waals surface area contributed by atoms with Gasteiger partial charge in [-0.3, -0.25) is 14.4 Å². The molecule has 3 fully saturated rings. The van der Waals surface area contributed by atoms with E-state index in [2.05, 4.69) is 33.2 Å². The van der Waals surface area contributed by atoms with Crippen molar-refractivity contribution in [3.63, 3.8) is 0 Å². The van der Waals surface area contributed by atoms with Crippen molar-refractivity contribution in [1.29, 1.82) is 0 Å². The highest BCUT2D eigenvalue weighted by Gasteiger charge is 2.61. The minimum absolute atomic E-state index is 0.00599.